The van der Waals surface area contributed by atoms with Crippen LogP contribution in [-0.4, -0.2) is 60.1 Å². The summed E-state index contributed by atoms with van der Waals surface area (Å²) in [6.07, 6.45) is 5.87. The fourth-order valence-corrected chi connectivity index (χ4v) is 4.04. The van der Waals surface area contributed by atoms with Gasteiger partial charge in [0.1, 0.15) is 0 Å². The van der Waals surface area contributed by atoms with Crippen LogP contribution in [0.5, 0.6) is 0 Å². The van der Waals surface area contributed by atoms with Gasteiger partial charge in [-0.1, -0.05) is 0 Å². The van der Waals surface area contributed by atoms with Crippen LogP contribution in [0.1, 0.15) is 6.42 Å². The fourth-order valence-electron chi connectivity index (χ4n) is 2.49. The van der Waals surface area contributed by atoms with E-state index in [4.69, 9.17) is 0 Å². The first-order valence-corrected chi connectivity index (χ1v) is 7.93. The molecular formula is C10H20N2S2. The van der Waals surface area contributed by atoms with Gasteiger partial charge in [-0.15, -0.1) is 0 Å². The molecule has 0 bridgehead atoms. The molecule has 0 spiro atoms. The average molecular weight is 232 g/mol. The number of nitrogens with one attached hydrogen (secondary N) is 1. The second kappa shape index (κ2) is 5.10. The maximum Gasteiger partial charge on any atom is 0.0352 e. The van der Waals surface area contributed by atoms with Crippen LogP contribution in [0.15, 0.2) is 0 Å². The Kier molecular flexibility index (Phi) is 4.05. The fraction of sp³-hybridized carbons (Fsp3) is 1.00. The molecule has 0 aromatic rings. The van der Waals surface area contributed by atoms with Gasteiger partial charge < -0.3 is 5.32 Å². The van der Waals surface area contributed by atoms with E-state index in [0.29, 0.717) is 0 Å². The van der Waals surface area contributed by atoms with E-state index in [1.807, 2.05) is 23.5 Å². The largest absolute Gasteiger partial charge is 0.314 e. The lowest BCUT2D eigenvalue weighted by molar-refractivity contribution is 0.263. The van der Waals surface area contributed by atoms with Gasteiger partial charge in [0.15, 0.2) is 0 Å². The molecule has 1 N–H and O–H groups in total. The molecule has 2 nitrogen and oxygen atoms in total. The molecule has 0 aromatic carbocycles. The second-order valence-electron chi connectivity index (χ2n) is 4.14. The van der Waals surface area contributed by atoms with E-state index in [1.54, 1.807) is 0 Å². The monoisotopic (exact) mass is 232 g/mol. The van der Waals surface area contributed by atoms with Gasteiger partial charge in [-0.2, -0.15) is 23.5 Å². The molecule has 2 aliphatic heterocycles. The predicted octanol–water partition coefficient (Wildman–Crippen LogP) is 1.13. The molecule has 3 unspecified atom stereocenters. The van der Waals surface area contributed by atoms with Gasteiger partial charge in [0.05, 0.1) is 0 Å². The van der Waals surface area contributed by atoms with E-state index >= 15 is 0 Å². The summed E-state index contributed by atoms with van der Waals surface area (Å²) < 4.78 is 0. The standard InChI is InChI=1S/C10H20N2S2/c1-13-8-3-4-12(7-8)9-5-11-6-10(9)14-2/h8-11H,3-7H2,1-2H3. The smallest absolute Gasteiger partial charge is 0.0352 e. The Labute approximate surface area is 95.6 Å². The van der Waals surface area contributed by atoms with Crippen molar-refractivity contribution in [2.75, 3.05) is 38.7 Å². The van der Waals surface area contributed by atoms with Gasteiger partial charge in [-0.3, -0.25) is 4.90 Å². The Hall–Kier alpha value is 0.620. The van der Waals surface area contributed by atoms with Gasteiger partial charge >= 0.3 is 0 Å². The Morgan fingerprint density at radius 2 is 2.07 bits per heavy atom. The number of likely N-dealkylation sites (tertiary alicyclic amines) is 1. The lowest BCUT2D eigenvalue weighted by atomic mass is 10.2. The molecular weight excluding hydrogens is 212 g/mol. The third-order valence-corrected chi connectivity index (χ3v) is 5.55. The van der Waals surface area contributed by atoms with Crippen LogP contribution in [0.2, 0.25) is 0 Å². The van der Waals surface area contributed by atoms with Crippen LogP contribution < -0.4 is 5.32 Å². The van der Waals surface area contributed by atoms with E-state index < -0.39 is 0 Å². The molecule has 82 valence electrons. The molecule has 3 atom stereocenters. The van der Waals surface area contributed by atoms with Crippen molar-refractivity contribution < 1.29 is 0 Å². The minimum absolute atomic E-state index is 0.794. The number of hydrogen-bond donors (Lipinski definition) is 1. The summed E-state index contributed by atoms with van der Waals surface area (Å²) in [6, 6.07) is 0.794. The van der Waals surface area contributed by atoms with Crippen molar-refractivity contribution in [1.29, 1.82) is 0 Å². The van der Waals surface area contributed by atoms with Crippen LogP contribution in [0, 0.1) is 0 Å². The average Bonchev–Trinajstić information content (AvgIpc) is 2.85. The zero-order valence-corrected chi connectivity index (χ0v) is 10.7. The normalized spacial score (nSPS) is 39.4. The Morgan fingerprint density at radius 1 is 1.21 bits per heavy atom. The van der Waals surface area contributed by atoms with Crippen LogP contribution in [0.25, 0.3) is 0 Å². The maximum absolute atomic E-state index is 3.51. The van der Waals surface area contributed by atoms with Gasteiger partial charge in [0.2, 0.25) is 0 Å². The predicted molar refractivity (Wildman–Crippen MR) is 67.5 cm³/mol. The highest BCUT2D eigenvalue weighted by Gasteiger charge is 2.35. The highest BCUT2D eigenvalue weighted by atomic mass is 32.2. The molecule has 0 radical (unpaired) electrons. The third-order valence-electron chi connectivity index (χ3n) is 3.41. The molecule has 2 rings (SSSR count). The van der Waals surface area contributed by atoms with Gasteiger partial charge in [0, 0.05) is 36.2 Å². The lowest BCUT2D eigenvalue weighted by Crippen LogP contribution is -2.40. The molecule has 0 aromatic heterocycles. The van der Waals surface area contributed by atoms with Crippen LogP contribution in [0.3, 0.4) is 0 Å². The van der Waals surface area contributed by atoms with Crippen molar-refractivity contribution in [1.82, 2.24) is 10.2 Å². The Morgan fingerprint density at radius 3 is 2.71 bits per heavy atom. The maximum atomic E-state index is 3.51. The summed E-state index contributed by atoms with van der Waals surface area (Å²) in [6.45, 7) is 5.03. The molecule has 0 aliphatic carbocycles. The van der Waals surface area contributed by atoms with Gasteiger partial charge in [0.25, 0.3) is 0 Å². The molecule has 2 fully saturated rings. The van der Waals surface area contributed by atoms with Crippen molar-refractivity contribution >= 4 is 23.5 Å². The highest BCUT2D eigenvalue weighted by molar-refractivity contribution is 7.99. The number of rotatable bonds is 3. The summed E-state index contributed by atoms with van der Waals surface area (Å²) >= 11 is 4.06. The quantitative estimate of drug-likeness (QED) is 0.784. The molecule has 14 heavy (non-hydrogen) atoms. The molecule has 2 aliphatic rings. The third kappa shape index (κ3) is 2.23. The minimum atomic E-state index is 0.794. The zero-order chi connectivity index (χ0) is 9.97. The first-order valence-electron chi connectivity index (χ1n) is 5.35. The summed E-state index contributed by atoms with van der Waals surface area (Å²) in [5.41, 5.74) is 0. The van der Waals surface area contributed by atoms with Crippen molar-refractivity contribution in [2.45, 2.75) is 23.0 Å². The SMILES string of the molecule is CSC1CCN(C2CNCC2SC)C1. The van der Waals surface area contributed by atoms with Crippen molar-refractivity contribution in [3.63, 3.8) is 0 Å². The van der Waals surface area contributed by atoms with Gasteiger partial charge in [-0.05, 0) is 25.5 Å². The summed E-state index contributed by atoms with van der Waals surface area (Å²) in [7, 11) is 0. The van der Waals surface area contributed by atoms with E-state index in [9.17, 15) is 0 Å². The van der Waals surface area contributed by atoms with Gasteiger partial charge in [-0.25, -0.2) is 0 Å². The second-order valence-corrected chi connectivity index (χ2v) is 6.36. The van der Waals surface area contributed by atoms with Crippen molar-refractivity contribution in [2.24, 2.45) is 0 Å². The number of thioether (sulfide) groups is 2. The zero-order valence-electron chi connectivity index (χ0n) is 9.03. The summed E-state index contributed by atoms with van der Waals surface area (Å²) in [5.74, 6) is 0. The van der Waals surface area contributed by atoms with Crippen LogP contribution >= 0.6 is 23.5 Å². The molecule has 2 saturated heterocycles. The van der Waals surface area contributed by atoms with Crippen LogP contribution in [-0.2, 0) is 0 Å². The highest BCUT2D eigenvalue weighted by Crippen LogP contribution is 2.27. The first kappa shape index (κ1) is 11.1. The Bertz CT molecular complexity index is 189. The summed E-state index contributed by atoms with van der Waals surface area (Å²) in [4.78, 5) is 2.70. The summed E-state index contributed by atoms with van der Waals surface area (Å²) in [5, 5.41) is 5.22. The molecule has 0 saturated carbocycles. The lowest BCUT2D eigenvalue weighted by Gasteiger charge is -2.27. The van der Waals surface area contributed by atoms with E-state index in [-0.39, 0.29) is 0 Å². The number of nitrogens with zero attached hydrogens (tertiary/aromatic N) is 1. The number of hydrogen-bond acceptors (Lipinski definition) is 4. The van der Waals surface area contributed by atoms with E-state index in [2.05, 4.69) is 22.7 Å². The molecule has 0 amide bonds. The van der Waals surface area contributed by atoms with Crippen molar-refractivity contribution in [3.8, 4) is 0 Å². The topological polar surface area (TPSA) is 15.3 Å². The van der Waals surface area contributed by atoms with Crippen molar-refractivity contribution in [3.05, 3.63) is 0 Å². The molecule has 2 heterocycles. The Balaban J connectivity index is 1.89. The molecule has 4 heteroatoms. The van der Waals surface area contributed by atoms with E-state index in [0.717, 1.165) is 16.5 Å². The van der Waals surface area contributed by atoms with E-state index in [1.165, 1.54) is 32.6 Å². The van der Waals surface area contributed by atoms with Crippen LogP contribution in [0.4, 0.5) is 0 Å². The first-order chi connectivity index (χ1) is 6.85. The minimum Gasteiger partial charge on any atom is -0.314 e.